The van der Waals surface area contributed by atoms with Crippen LogP contribution in [0.1, 0.15) is 75.7 Å². The molecule has 5 saturated carbocycles. The zero-order chi connectivity index (χ0) is 21.1. The van der Waals surface area contributed by atoms with E-state index in [-0.39, 0.29) is 0 Å². The van der Waals surface area contributed by atoms with Crippen LogP contribution in [0.5, 0.6) is 0 Å². The summed E-state index contributed by atoms with van der Waals surface area (Å²) < 4.78 is 0. The molecule has 0 nitrogen and oxygen atoms in total. The Morgan fingerprint density at radius 2 is 1.38 bits per heavy atom. The van der Waals surface area contributed by atoms with E-state index in [4.69, 9.17) is 0 Å². The molecule has 0 unspecified atom stereocenters. The number of allylic oxidation sites excluding steroid dienone is 2. The summed E-state index contributed by atoms with van der Waals surface area (Å²) >= 11 is 0. The minimum absolute atomic E-state index is 0.782. The Hall–Kier alpha value is -2.08. The minimum atomic E-state index is 0.782. The predicted molar refractivity (Wildman–Crippen MR) is 135 cm³/mol. The lowest BCUT2D eigenvalue weighted by Crippen LogP contribution is -2.44. The van der Waals surface area contributed by atoms with Crippen molar-refractivity contribution in [3.63, 3.8) is 0 Å². The van der Waals surface area contributed by atoms with Gasteiger partial charge in [0.1, 0.15) is 0 Å². The molecule has 32 heavy (non-hydrogen) atoms. The summed E-state index contributed by atoms with van der Waals surface area (Å²) in [6.07, 6.45) is 22.0. The van der Waals surface area contributed by atoms with Gasteiger partial charge in [-0.2, -0.15) is 0 Å². The van der Waals surface area contributed by atoms with Gasteiger partial charge in [0.25, 0.3) is 0 Å². The molecule has 0 aliphatic heterocycles. The molecule has 0 heterocycles. The fraction of sp³-hybridized carbons (Fsp3) is 0.500. The van der Waals surface area contributed by atoms with Crippen molar-refractivity contribution in [1.82, 2.24) is 0 Å². The molecular formula is C32H36. The van der Waals surface area contributed by atoms with Crippen molar-refractivity contribution >= 4 is 12.2 Å². The van der Waals surface area contributed by atoms with Gasteiger partial charge in [-0.1, -0.05) is 67.8 Å². The van der Waals surface area contributed by atoms with Crippen molar-refractivity contribution in [1.29, 1.82) is 0 Å². The molecule has 0 spiro atoms. The van der Waals surface area contributed by atoms with Crippen LogP contribution >= 0.6 is 0 Å². The van der Waals surface area contributed by atoms with E-state index >= 15 is 0 Å². The molecule has 0 N–H and O–H groups in total. The molecule has 0 amide bonds. The molecule has 164 valence electrons. The van der Waals surface area contributed by atoms with Gasteiger partial charge in [0.05, 0.1) is 0 Å². The van der Waals surface area contributed by atoms with Crippen LogP contribution in [0, 0.1) is 29.6 Å². The molecule has 0 radical (unpaired) electrons. The van der Waals surface area contributed by atoms with Crippen LogP contribution in [0.15, 0.2) is 54.1 Å². The van der Waals surface area contributed by atoms with Gasteiger partial charge in [-0.3, -0.25) is 0 Å². The van der Waals surface area contributed by atoms with Crippen molar-refractivity contribution < 1.29 is 0 Å². The summed E-state index contributed by atoms with van der Waals surface area (Å²) in [7, 11) is 0. The molecule has 6 aliphatic carbocycles. The van der Waals surface area contributed by atoms with Gasteiger partial charge in [-0.05, 0) is 125 Å². The van der Waals surface area contributed by atoms with Gasteiger partial charge in [-0.15, -0.1) is 0 Å². The SMILES string of the molecule is C(=C1C=c2cccc(-c3ccccc3C3C4CC5CC(C4)CC3C5)c2=C1)C1CCCCC1. The van der Waals surface area contributed by atoms with Gasteiger partial charge >= 0.3 is 0 Å². The van der Waals surface area contributed by atoms with E-state index in [1.807, 2.05) is 0 Å². The van der Waals surface area contributed by atoms with E-state index in [0.29, 0.717) is 0 Å². The zero-order valence-corrected chi connectivity index (χ0v) is 19.3. The smallest absolute Gasteiger partial charge is 0.00987 e. The molecular weight excluding hydrogens is 384 g/mol. The van der Waals surface area contributed by atoms with E-state index in [1.165, 1.54) is 91.3 Å². The first-order valence-corrected chi connectivity index (χ1v) is 13.5. The van der Waals surface area contributed by atoms with E-state index in [0.717, 1.165) is 35.5 Å². The topological polar surface area (TPSA) is 0 Å². The molecule has 0 saturated heterocycles. The van der Waals surface area contributed by atoms with Crippen molar-refractivity contribution in [2.75, 3.05) is 0 Å². The van der Waals surface area contributed by atoms with Gasteiger partial charge in [-0.25, -0.2) is 0 Å². The van der Waals surface area contributed by atoms with Crippen molar-refractivity contribution in [3.05, 3.63) is 70.1 Å². The third-order valence-corrected chi connectivity index (χ3v) is 9.69. The van der Waals surface area contributed by atoms with Crippen LogP contribution in [0.25, 0.3) is 23.3 Å². The van der Waals surface area contributed by atoms with Crippen LogP contribution in [0.2, 0.25) is 0 Å². The number of benzene rings is 2. The number of rotatable bonds is 3. The minimum Gasteiger partial charge on any atom is -0.0741 e. The zero-order valence-electron chi connectivity index (χ0n) is 19.3. The maximum atomic E-state index is 2.58. The normalized spacial score (nSPS) is 34.4. The lowest BCUT2D eigenvalue weighted by molar-refractivity contribution is -0.00260. The van der Waals surface area contributed by atoms with Crippen LogP contribution in [-0.2, 0) is 0 Å². The summed E-state index contributed by atoms with van der Waals surface area (Å²) in [6.45, 7) is 0. The Kier molecular flexibility index (Phi) is 4.70. The van der Waals surface area contributed by atoms with E-state index < -0.39 is 0 Å². The third-order valence-electron chi connectivity index (χ3n) is 9.69. The van der Waals surface area contributed by atoms with Crippen molar-refractivity contribution in [2.45, 2.75) is 70.1 Å². The number of hydrogen-bond acceptors (Lipinski definition) is 0. The summed E-state index contributed by atoms with van der Waals surface area (Å²) in [6, 6.07) is 16.5. The summed E-state index contributed by atoms with van der Waals surface area (Å²) in [4.78, 5) is 0. The fourth-order valence-corrected chi connectivity index (χ4v) is 8.63. The quantitative estimate of drug-likeness (QED) is 0.503. The van der Waals surface area contributed by atoms with Crippen LogP contribution in [0.4, 0.5) is 0 Å². The largest absolute Gasteiger partial charge is 0.0741 e. The standard InChI is InChI=1S/C32H36/c1-2-7-21(8-3-1)13-24-15-25-9-6-12-29(31(25)20-24)28-10-4-5-11-30(28)32-26-16-22-14-23(18-26)19-27(32)17-22/h4-6,9-13,15,20-23,26-27,32H,1-3,7-8,14,16-19H2. The first kappa shape index (κ1) is 19.4. The summed E-state index contributed by atoms with van der Waals surface area (Å²) in [5.74, 6) is 5.51. The lowest BCUT2D eigenvalue weighted by atomic mass is 9.50. The Morgan fingerprint density at radius 1 is 0.656 bits per heavy atom. The van der Waals surface area contributed by atoms with Gasteiger partial charge in [0, 0.05) is 0 Å². The average molecular weight is 421 g/mol. The van der Waals surface area contributed by atoms with Gasteiger partial charge in [0.2, 0.25) is 0 Å². The molecule has 0 atom stereocenters. The Balaban J connectivity index is 1.30. The first-order chi connectivity index (χ1) is 15.8. The van der Waals surface area contributed by atoms with Crippen molar-refractivity contribution in [2.24, 2.45) is 29.6 Å². The molecule has 2 aromatic rings. The highest BCUT2D eigenvalue weighted by Gasteiger charge is 2.49. The lowest BCUT2D eigenvalue weighted by Gasteiger charge is -2.55. The molecule has 6 aliphatic rings. The molecule has 0 aromatic heterocycles. The first-order valence-electron chi connectivity index (χ1n) is 13.5. The maximum absolute atomic E-state index is 2.58. The van der Waals surface area contributed by atoms with Gasteiger partial charge < -0.3 is 0 Å². The van der Waals surface area contributed by atoms with E-state index in [1.54, 1.807) is 5.56 Å². The number of fused-ring (bicyclic) bond motifs is 1. The van der Waals surface area contributed by atoms with E-state index in [2.05, 4.69) is 60.7 Å². The highest BCUT2D eigenvalue weighted by molar-refractivity contribution is 5.79. The predicted octanol–water partition coefficient (Wildman–Crippen LogP) is 6.97. The van der Waals surface area contributed by atoms with Crippen LogP contribution in [-0.4, -0.2) is 0 Å². The van der Waals surface area contributed by atoms with Gasteiger partial charge in [0.15, 0.2) is 0 Å². The maximum Gasteiger partial charge on any atom is -0.00987 e. The summed E-state index contributed by atoms with van der Waals surface area (Å²) in [5, 5.41) is 2.88. The fourth-order valence-electron chi connectivity index (χ4n) is 8.63. The monoisotopic (exact) mass is 420 g/mol. The summed E-state index contributed by atoms with van der Waals surface area (Å²) in [5.41, 5.74) is 6.10. The number of hydrogen-bond donors (Lipinski definition) is 0. The second-order valence-electron chi connectivity index (χ2n) is 11.7. The van der Waals surface area contributed by atoms with Crippen LogP contribution in [0.3, 0.4) is 0 Å². The van der Waals surface area contributed by atoms with Crippen molar-refractivity contribution in [3.8, 4) is 11.1 Å². The molecule has 8 rings (SSSR count). The second-order valence-corrected chi connectivity index (χ2v) is 11.7. The molecule has 2 aromatic carbocycles. The Bertz CT molecular complexity index is 1140. The van der Waals surface area contributed by atoms with E-state index in [9.17, 15) is 0 Å². The molecule has 0 heteroatoms. The average Bonchev–Trinajstić information content (AvgIpc) is 3.22. The Labute approximate surface area is 193 Å². The third kappa shape index (κ3) is 3.25. The highest BCUT2D eigenvalue weighted by atomic mass is 14.5. The van der Waals surface area contributed by atoms with Crippen LogP contribution < -0.4 is 10.4 Å². The molecule has 5 fully saturated rings. The molecule has 4 bridgehead atoms. The second kappa shape index (κ2) is 7.75. The Morgan fingerprint density at radius 3 is 2.16 bits per heavy atom. The highest BCUT2D eigenvalue weighted by Crippen LogP contribution is 2.60.